The molecular weight excluding hydrogens is 313 g/mol. The molecule has 0 aromatic carbocycles. The minimum absolute atomic E-state index is 0. The van der Waals surface area contributed by atoms with Crippen LogP contribution in [0.1, 0.15) is 19.3 Å². The molecule has 0 spiro atoms. The number of hydrogen-bond donors (Lipinski definition) is 1. The standard InChI is InChI=1S/C5H7NO2.Pb.2H/c7-4-2-1-3-5(8)6-4;;;/h1-3H2,(H,6,7,8);;;. The molecule has 1 rings (SSSR count). The summed E-state index contributed by atoms with van der Waals surface area (Å²) in [6.45, 7) is 0. The summed E-state index contributed by atoms with van der Waals surface area (Å²) in [5, 5.41) is 2.20. The third-order valence-electron chi connectivity index (χ3n) is 1.09. The number of imide groups is 1. The number of carbonyl (C=O) groups excluding carboxylic acids is 2. The molecule has 1 aliphatic heterocycles. The molecule has 1 N–H and O–H groups in total. The molecule has 2 radical (unpaired) electrons. The summed E-state index contributed by atoms with van der Waals surface area (Å²) in [6.07, 6.45) is 1.72. The van der Waals surface area contributed by atoms with Crippen LogP contribution in [0.5, 0.6) is 0 Å². The molecule has 3 nitrogen and oxygen atoms in total. The van der Waals surface area contributed by atoms with E-state index in [4.69, 9.17) is 0 Å². The van der Waals surface area contributed by atoms with Gasteiger partial charge in [-0.05, 0) is 6.42 Å². The van der Waals surface area contributed by atoms with E-state index in [1.54, 1.807) is 0 Å². The Kier molecular flexibility index (Phi) is 4.00. The van der Waals surface area contributed by atoms with Crippen LogP contribution in [0.2, 0.25) is 0 Å². The molecule has 50 valence electrons. The van der Waals surface area contributed by atoms with Crippen LogP contribution in [0.15, 0.2) is 0 Å². The normalized spacial score (nSPS) is 18.2. The summed E-state index contributed by atoms with van der Waals surface area (Å²) in [7, 11) is 0. The maximum atomic E-state index is 10.3. The number of piperidine rings is 1. The van der Waals surface area contributed by atoms with Gasteiger partial charge in [0.15, 0.2) is 0 Å². The van der Waals surface area contributed by atoms with Crippen LogP contribution < -0.4 is 5.32 Å². The molecule has 0 aromatic rings. The zero-order valence-electron chi connectivity index (χ0n) is 5.14. The van der Waals surface area contributed by atoms with Crippen LogP contribution in [0.25, 0.3) is 0 Å². The average molecular weight is 322 g/mol. The van der Waals surface area contributed by atoms with Crippen molar-refractivity contribution in [2.75, 3.05) is 0 Å². The number of hydrogen-bond acceptors (Lipinski definition) is 2. The topological polar surface area (TPSA) is 46.2 Å². The molecule has 0 aliphatic carbocycles. The van der Waals surface area contributed by atoms with E-state index < -0.39 is 0 Å². The summed E-state index contributed by atoms with van der Waals surface area (Å²) in [5.74, 6) is -0.275. The Balaban J connectivity index is 0.000000640. The van der Waals surface area contributed by atoms with Gasteiger partial charge >= 0.3 is 27.3 Å². The third kappa shape index (κ3) is 2.93. The van der Waals surface area contributed by atoms with Crippen molar-refractivity contribution in [3.8, 4) is 0 Å². The summed E-state index contributed by atoms with van der Waals surface area (Å²) < 4.78 is 0. The molecule has 0 aromatic heterocycles. The first-order chi connectivity index (χ1) is 3.79. The molecule has 0 atom stereocenters. The van der Waals surface area contributed by atoms with Gasteiger partial charge in [-0.3, -0.25) is 14.9 Å². The predicted octanol–water partition coefficient (Wildman–Crippen LogP) is -1.10. The van der Waals surface area contributed by atoms with E-state index >= 15 is 0 Å². The van der Waals surface area contributed by atoms with Crippen LogP contribution in [0.3, 0.4) is 0 Å². The average Bonchev–Trinajstić information content (AvgIpc) is 1.64. The number of amides is 2. The first-order valence-electron chi connectivity index (χ1n) is 2.62. The Hall–Kier alpha value is 0.0621. The zero-order valence-corrected chi connectivity index (χ0v) is 10.6. The van der Waals surface area contributed by atoms with Gasteiger partial charge in [0.25, 0.3) is 0 Å². The van der Waals surface area contributed by atoms with E-state index in [0.29, 0.717) is 19.3 Å². The quantitative estimate of drug-likeness (QED) is 0.454. The molecule has 0 unspecified atom stereocenters. The van der Waals surface area contributed by atoms with Crippen molar-refractivity contribution in [2.24, 2.45) is 0 Å². The van der Waals surface area contributed by atoms with Crippen LogP contribution in [-0.2, 0) is 9.59 Å². The molecule has 2 amide bonds. The van der Waals surface area contributed by atoms with E-state index in [9.17, 15) is 9.59 Å². The molecule has 1 heterocycles. The fourth-order valence-electron chi connectivity index (χ4n) is 0.690. The van der Waals surface area contributed by atoms with Gasteiger partial charge in [-0.25, -0.2) is 0 Å². The van der Waals surface area contributed by atoms with E-state index in [1.165, 1.54) is 0 Å². The van der Waals surface area contributed by atoms with Gasteiger partial charge in [0.1, 0.15) is 0 Å². The molecule has 1 saturated heterocycles. The van der Waals surface area contributed by atoms with Crippen LogP contribution in [-0.4, -0.2) is 39.1 Å². The third-order valence-corrected chi connectivity index (χ3v) is 1.09. The Morgan fingerprint density at radius 3 is 1.78 bits per heavy atom. The van der Waals surface area contributed by atoms with Crippen molar-refractivity contribution < 1.29 is 9.59 Å². The second kappa shape index (κ2) is 3.97. The number of carbonyl (C=O) groups is 2. The van der Waals surface area contributed by atoms with Gasteiger partial charge in [-0.2, -0.15) is 0 Å². The fraction of sp³-hybridized carbons (Fsp3) is 0.600. The van der Waals surface area contributed by atoms with Crippen molar-refractivity contribution in [2.45, 2.75) is 19.3 Å². The molecule has 1 aliphatic rings. The van der Waals surface area contributed by atoms with E-state index in [2.05, 4.69) is 5.32 Å². The number of rotatable bonds is 0. The summed E-state index contributed by atoms with van der Waals surface area (Å²) in [4.78, 5) is 20.7. The van der Waals surface area contributed by atoms with Crippen LogP contribution in [0, 0.1) is 0 Å². The van der Waals surface area contributed by atoms with Gasteiger partial charge < -0.3 is 0 Å². The Bertz CT molecular complexity index is 121. The Morgan fingerprint density at radius 1 is 1.11 bits per heavy atom. The number of nitrogens with one attached hydrogen (secondary N) is 1. The molecule has 9 heavy (non-hydrogen) atoms. The van der Waals surface area contributed by atoms with Crippen molar-refractivity contribution >= 4 is 39.1 Å². The second-order valence-corrected chi connectivity index (χ2v) is 1.82. The minimum atomic E-state index is -0.138. The van der Waals surface area contributed by atoms with E-state index in [0.717, 1.165) is 0 Å². The molecule has 1 fully saturated rings. The van der Waals surface area contributed by atoms with E-state index in [-0.39, 0.29) is 39.1 Å². The van der Waals surface area contributed by atoms with Crippen molar-refractivity contribution in [3.63, 3.8) is 0 Å². The molecular formula is C5H9NO2Pb. The van der Waals surface area contributed by atoms with Crippen LogP contribution >= 0.6 is 0 Å². The molecule has 4 heteroatoms. The van der Waals surface area contributed by atoms with Gasteiger partial charge in [0, 0.05) is 12.8 Å². The van der Waals surface area contributed by atoms with Gasteiger partial charge in [-0.15, -0.1) is 0 Å². The van der Waals surface area contributed by atoms with Crippen molar-refractivity contribution in [1.29, 1.82) is 0 Å². The fourth-order valence-corrected chi connectivity index (χ4v) is 0.690. The zero-order chi connectivity index (χ0) is 5.98. The van der Waals surface area contributed by atoms with Crippen molar-refractivity contribution in [1.82, 2.24) is 5.32 Å². The van der Waals surface area contributed by atoms with Crippen molar-refractivity contribution in [3.05, 3.63) is 0 Å². The second-order valence-electron chi connectivity index (χ2n) is 1.82. The first kappa shape index (κ1) is 9.06. The SMILES string of the molecule is O=C1CCCC(=O)N1.[PbH2]. The monoisotopic (exact) mass is 323 g/mol. The van der Waals surface area contributed by atoms with Gasteiger partial charge in [0.05, 0.1) is 0 Å². The molecule has 0 bridgehead atoms. The Labute approximate surface area is 73.3 Å². The first-order valence-corrected chi connectivity index (χ1v) is 2.62. The predicted molar refractivity (Wildman–Crippen MR) is 35.5 cm³/mol. The van der Waals surface area contributed by atoms with Gasteiger partial charge in [-0.1, -0.05) is 0 Å². The summed E-state index contributed by atoms with van der Waals surface area (Å²) in [6, 6.07) is 0. The maximum absolute atomic E-state index is 10.3. The summed E-state index contributed by atoms with van der Waals surface area (Å²) >= 11 is 0. The van der Waals surface area contributed by atoms with Gasteiger partial charge in [0.2, 0.25) is 11.8 Å². The Morgan fingerprint density at radius 2 is 1.56 bits per heavy atom. The summed E-state index contributed by atoms with van der Waals surface area (Å²) in [5.41, 5.74) is 0. The van der Waals surface area contributed by atoms with E-state index in [1.807, 2.05) is 0 Å². The molecule has 0 saturated carbocycles. The van der Waals surface area contributed by atoms with Crippen LogP contribution in [0.4, 0.5) is 0 Å².